The summed E-state index contributed by atoms with van der Waals surface area (Å²) < 4.78 is 13.7. The molecular weight excluding hydrogens is 396 g/mol. The van der Waals surface area contributed by atoms with Crippen LogP contribution in [0.5, 0.6) is 11.5 Å². The molecule has 0 saturated carbocycles. The first kappa shape index (κ1) is 20.1. The third-order valence-electron chi connectivity index (χ3n) is 3.93. The average molecular weight is 417 g/mol. The number of hydrogen-bond acceptors (Lipinski definition) is 5. The molecule has 0 aliphatic heterocycles. The molecule has 0 radical (unpaired) electrons. The van der Waals surface area contributed by atoms with Gasteiger partial charge in [0.1, 0.15) is 6.61 Å². The number of rotatable bonds is 8. The van der Waals surface area contributed by atoms with E-state index < -0.39 is 0 Å². The lowest BCUT2D eigenvalue weighted by Crippen LogP contribution is -2.01. The van der Waals surface area contributed by atoms with Crippen molar-refractivity contribution in [1.29, 1.82) is 0 Å². The molecule has 0 saturated heterocycles. The number of nitrogens with zero attached hydrogens (tertiary/aromatic N) is 3. The fourth-order valence-corrected chi connectivity index (χ4v) is 2.85. The van der Waals surface area contributed by atoms with Crippen LogP contribution in [0.25, 0.3) is 0 Å². The summed E-state index contributed by atoms with van der Waals surface area (Å²) in [6.07, 6.45) is 2.45. The molecule has 3 rings (SSSR count). The summed E-state index contributed by atoms with van der Waals surface area (Å²) >= 11 is 11.1. The Morgan fingerprint density at radius 3 is 2.64 bits per heavy atom. The highest BCUT2D eigenvalue weighted by molar-refractivity contribution is 7.71. The van der Waals surface area contributed by atoms with Crippen LogP contribution in [-0.4, -0.2) is 27.7 Å². The molecular formula is C20H21ClN4O2S. The van der Waals surface area contributed by atoms with E-state index in [9.17, 15) is 0 Å². The largest absolute Gasteiger partial charge is 0.490 e. The number of hydrogen-bond donors (Lipinski definition) is 1. The number of aromatic nitrogens is 3. The van der Waals surface area contributed by atoms with E-state index in [0.29, 0.717) is 34.5 Å². The molecule has 0 amide bonds. The highest BCUT2D eigenvalue weighted by Gasteiger charge is 2.07. The predicted octanol–water partition coefficient (Wildman–Crippen LogP) is 5.02. The molecule has 0 aliphatic rings. The molecule has 0 atom stereocenters. The van der Waals surface area contributed by atoms with E-state index in [0.717, 1.165) is 23.4 Å². The molecule has 146 valence electrons. The lowest BCUT2D eigenvalue weighted by Gasteiger charge is -2.12. The van der Waals surface area contributed by atoms with Gasteiger partial charge in [0, 0.05) is 11.4 Å². The number of H-pyrrole nitrogens is 1. The molecule has 1 heterocycles. The minimum atomic E-state index is 0.425. The van der Waals surface area contributed by atoms with Gasteiger partial charge in [0.05, 0.1) is 12.8 Å². The first-order valence-electron chi connectivity index (χ1n) is 8.95. The Kier molecular flexibility index (Phi) is 6.84. The second kappa shape index (κ2) is 9.52. The molecule has 1 N–H and O–H groups in total. The topological polar surface area (TPSA) is 64.4 Å². The van der Waals surface area contributed by atoms with Crippen molar-refractivity contribution in [2.75, 3.05) is 6.61 Å². The number of aromatic amines is 1. The van der Waals surface area contributed by atoms with E-state index in [2.05, 4.69) is 15.3 Å². The van der Waals surface area contributed by atoms with Crippen LogP contribution in [0.1, 0.15) is 30.8 Å². The standard InChI is InChI=1S/C20H21ClN4O2S/c1-3-19-23-24-20(28)25(19)22-12-15-7-10-17(18(11-15)26-4-2)27-13-14-5-8-16(21)9-6-14/h5-12H,3-4,13H2,1-2H3,(H,24,28)/b22-12-. The quantitative estimate of drug-likeness (QED) is 0.413. The van der Waals surface area contributed by atoms with Crippen LogP contribution < -0.4 is 9.47 Å². The Bertz CT molecular complexity index is 1010. The number of ether oxygens (including phenoxy) is 2. The van der Waals surface area contributed by atoms with Gasteiger partial charge < -0.3 is 9.47 Å². The van der Waals surface area contributed by atoms with Crippen molar-refractivity contribution in [3.05, 3.63) is 69.2 Å². The molecule has 6 nitrogen and oxygen atoms in total. The van der Waals surface area contributed by atoms with E-state index in [1.54, 1.807) is 10.9 Å². The van der Waals surface area contributed by atoms with Gasteiger partial charge in [-0.15, -0.1) is 0 Å². The minimum Gasteiger partial charge on any atom is -0.490 e. The fraction of sp³-hybridized carbons (Fsp3) is 0.250. The van der Waals surface area contributed by atoms with E-state index in [4.69, 9.17) is 33.3 Å². The first-order valence-corrected chi connectivity index (χ1v) is 9.74. The average Bonchev–Trinajstić information content (AvgIpc) is 3.06. The molecule has 8 heteroatoms. The third kappa shape index (κ3) is 4.99. The zero-order chi connectivity index (χ0) is 19.9. The Hall–Kier alpha value is -2.64. The zero-order valence-corrected chi connectivity index (χ0v) is 17.3. The van der Waals surface area contributed by atoms with Crippen molar-refractivity contribution in [2.24, 2.45) is 5.10 Å². The van der Waals surface area contributed by atoms with Crippen LogP contribution in [0.2, 0.25) is 5.02 Å². The lowest BCUT2D eigenvalue weighted by atomic mass is 10.2. The molecule has 0 unspecified atom stereocenters. The molecule has 0 fully saturated rings. The minimum absolute atomic E-state index is 0.425. The van der Waals surface area contributed by atoms with E-state index in [1.165, 1.54) is 0 Å². The van der Waals surface area contributed by atoms with Gasteiger partial charge in [0.25, 0.3) is 0 Å². The Morgan fingerprint density at radius 2 is 1.93 bits per heavy atom. The van der Waals surface area contributed by atoms with Gasteiger partial charge in [-0.05, 0) is 60.6 Å². The Morgan fingerprint density at radius 1 is 1.14 bits per heavy atom. The van der Waals surface area contributed by atoms with Crippen molar-refractivity contribution >= 4 is 30.0 Å². The summed E-state index contributed by atoms with van der Waals surface area (Å²) in [5, 5.41) is 12.0. The second-order valence-corrected chi connectivity index (χ2v) is 6.73. The fourth-order valence-electron chi connectivity index (χ4n) is 2.53. The van der Waals surface area contributed by atoms with Gasteiger partial charge in [0.2, 0.25) is 4.77 Å². The molecule has 0 bridgehead atoms. The summed E-state index contributed by atoms with van der Waals surface area (Å²) in [6, 6.07) is 13.2. The van der Waals surface area contributed by atoms with Crippen molar-refractivity contribution in [3.8, 4) is 11.5 Å². The highest BCUT2D eigenvalue weighted by Crippen LogP contribution is 2.29. The number of nitrogens with one attached hydrogen (secondary N) is 1. The number of aryl methyl sites for hydroxylation is 1. The summed E-state index contributed by atoms with van der Waals surface area (Å²) in [5.41, 5.74) is 1.89. The van der Waals surface area contributed by atoms with E-state index in [-0.39, 0.29) is 0 Å². The number of benzene rings is 2. The lowest BCUT2D eigenvalue weighted by molar-refractivity contribution is 0.269. The van der Waals surface area contributed by atoms with Gasteiger partial charge in [-0.25, -0.2) is 0 Å². The van der Waals surface area contributed by atoms with E-state index in [1.807, 2.05) is 56.3 Å². The van der Waals surface area contributed by atoms with Crippen LogP contribution in [0.3, 0.4) is 0 Å². The Labute approximate surface area is 173 Å². The Balaban J connectivity index is 1.78. The van der Waals surface area contributed by atoms with Gasteiger partial charge in [-0.2, -0.15) is 14.9 Å². The zero-order valence-electron chi connectivity index (χ0n) is 15.7. The van der Waals surface area contributed by atoms with Crippen molar-refractivity contribution in [1.82, 2.24) is 14.9 Å². The molecule has 0 aliphatic carbocycles. The van der Waals surface area contributed by atoms with Gasteiger partial charge >= 0.3 is 0 Å². The van der Waals surface area contributed by atoms with Crippen LogP contribution in [0.4, 0.5) is 0 Å². The molecule has 2 aromatic carbocycles. The first-order chi connectivity index (χ1) is 13.6. The van der Waals surface area contributed by atoms with Crippen molar-refractivity contribution in [3.63, 3.8) is 0 Å². The van der Waals surface area contributed by atoms with Crippen molar-refractivity contribution in [2.45, 2.75) is 26.9 Å². The van der Waals surface area contributed by atoms with Crippen LogP contribution in [0.15, 0.2) is 47.6 Å². The highest BCUT2D eigenvalue weighted by atomic mass is 35.5. The maximum atomic E-state index is 5.93. The number of halogens is 1. The van der Waals surface area contributed by atoms with Crippen LogP contribution >= 0.6 is 23.8 Å². The van der Waals surface area contributed by atoms with Gasteiger partial charge in [-0.1, -0.05) is 30.7 Å². The summed E-state index contributed by atoms with van der Waals surface area (Å²) in [7, 11) is 0. The molecule has 28 heavy (non-hydrogen) atoms. The predicted molar refractivity (Wildman–Crippen MR) is 113 cm³/mol. The second-order valence-electron chi connectivity index (χ2n) is 5.91. The maximum Gasteiger partial charge on any atom is 0.216 e. The maximum absolute atomic E-state index is 5.93. The van der Waals surface area contributed by atoms with E-state index >= 15 is 0 Å². The summed E-state index contributed by atoms with van der Waals surface area (Å²) in [6.45, 7) is 4.89. The van der Waals surface area contributed by atoms with Crippen LogP contribution in [0, 0.1) is 4.77 Å². The molecule has 1 aromatic heterocycles. The van der Waals surface area contributed by atoms with Gasteiger partial charge in [-0.3, -0.25) is 5.10 Å². The van der Waals surface area contributed by atoms with Crippen molar-refractivity contribution < 1.29 is 9.47 Å². The SMILES string of the molecule is CCOc1cc(/C=N\n2c(CC)n[nH]c2=S)ccc1OCc1ccc(Cl)cc1. The molecule has 3 aromatic rings. The van der Waals surface area contributed by atoms with Crippen LogP contribution in [-0.2, 0) is 13.0 Å². The smallest absolute Gasteiger partial charge is 0.216 e. The normalized spacial score (nSPS) is 11.1. The monoisotopic (exact) mass is 416 g/mol. The summed E-state index contributed by atoms with van der Waals surface area (Å²) in [4.78, 5) is 0. The third-order valence-corrected chi connectivity index (χ3v) is 4.45. The summed E-state index contributed by atoms with van der Waals surface area (Å²) in [5.74, 6) is 2.10. The van der Waals surface area contributed by atoms with Gasteiger partial charge in [0.15, 0.2) is 17.3 Å². The molecule has 0 spiro atoms.